The lowest BCUT2D eigenvalue weighted by atomic mass is 9.86. The van der Waals surface area contributed by atoms with E-state index in [1.165, 1.54) is 11.3 Å². The number of amides is 2. The fraction of sp³-hybridized carbons (Fsp3) is 0.684. The molecule has 2 fully saturated rings. The predicted octanol–water partition coefficient (Wildman–Crippen LogP) is 2.05. The van der Waals surface area contributed by atoms with Crippen LogP contribution in [0.25, 0.3) is 0 Å². The van der Waals surface area contributed by atoms with Crippen LogP contribution in [0.15, 0.2) is 12.1 Å². The van der Waals surface area contributed by atoms with Gasteiger partial charge >= 0.3 is 0 Å². The summed E-state index contributed by atoms with van der Waals surface area (Å²) in [5, 5.41) is 0. The van der Waals surface area contributed by atoms with E-state index in [2.05, 4.69) is 11.9 Å². The Morgan fingerprint density at radius 3 is 2.81 bits per heavy atom. The Balaban J connectivity index is 1.74. The third-order valence-electron chi connectivity index (χ3n) is 5.83. The van der Waals surface area contributed by atoms with Crippen LogP contribution < -0.4 is 0 Å². The van der Waals surface area contributed by atoms with Gasteiger partial charge in [0.2, 0.25) is 5.91 Å². The molecule has 2 saturated heterocycles. The van der Waals surface area contributed by atoms with Gasteiger partial charge in [-0.1, -0.05) is 0 Å². The van der Waals surface area contributed by atoms with Crippen LogP contribution in [-0.2, 0) is 16.1 Å². The first-order valence-corrected chi connectivity index (χ1v) is 10.2. The first-order valence-electron chi connectivity index (χ1n) is 9.35. The second kappa shape index (κ2) is 8.06. The number of hydrogen-bond donors (Lipinski definition) is 0. The summed E-state index contributed by atoms with van der Waals surface area (Å²) in [5.74, 6) is 0.344. The molecule has 0 bridgehead atoms. The highest BCUT2D eigenvalue weighted by Gasteiger charge is 2.43. The van der Waals surface area contributed by atoms with Gasteiger partial charge in [0.1, 0.15) is 0 Å². The summed E-state index contributed by atoms with van der Waals surface area (Å²) in [6, 6.07) is 3.87. The maximum absolute atomic E-state index is 13.0. The monoisotopic (exact) mass is 379 g/mol. The van der Waals surface area contributed by atoms with Gasteiger partial charge in [0.05, 0.1) is 11.5 Å². The lowest BCUT2D eigenvalue weighted by molar-refractivity contribution is -0.130. The number of thiophene rings is 1. The second-order valence-electron chi connectivity index (χ2n) is 7.29. The number of carbonyl (C=O) groups is 2. The molecule has 2 aliphatic heterocycles. The van der Waals surface area contributed by atoms with Gasteiger partial charge in [-0.25, -0.2) is 0 Å². The molecule has 0 radical (unpaired) electrons. The highest BCUT2D eigenvalue weighted by atomic mass is 32.1. The molecule has 0 aliphatic carbocycles. The minimum atomic E-state index is -0.0971. The number of nitrogens with zero attached hydrogens (tertiary/aromatic N) is 3. The van der Waals surface area contributed by atoms with E-state index in [4.69, 9.17) is 4.74 Å². The third kappa shape index (κ3) is 3.80. The summed E-state index contributed by atoms with van der Waals surface area (Å²) in [6.07, 6.45) is 2.31. The standard InChI is InChI=1S/C19H29N3O3S/c1-4-21-10-9-19(8-7-17(21)23)14-22(12-11-20(19)2)18(24)16-6-5-15(26-16)13-25-3/h5-6H,4,7-14H2,1-3H3. The average molecular weight is 380 g/mol. The second-order valence-corrected chi connectivity index (χ2v) is 8.46. The SMILES string of the molecule is CCN1CCC2(CCC1=O)CN(C(=O)c1ccc(COC)s1)CCN2C. The van der Waals surface area contributed by atoms with Crippen molar-refractivity contribution in [2.24, 2.45) is 0 Å². The lowest BCUT2D eigenvalue weighted by Gasteiger charge is -2.49. The molecular weight excluding hydrogens is 350 g/mol. The Hall–Kier alpha value is -1.44. The van der Waals surface area contributed by atoms with E-state index < -0.39 is 0 Å². The Kier molecular flexibility index (Phi) is 5.99. The van der Waals surface area contributed by atoms with E-state index in [-0.39, 0.29) is 17.4 Å². The number of hydrogen-bond acceptors (Lipinski definition) is 5. The van der Waals surface area contributed by atoms with Gasteiger partial charge in [-0.2, -0.15) is 0 Å². The first-order chi connectivity index (χ1) is 12.5. The number of carbonyl (C=O) groups excluding carboxylic acids is 2. The summed E-state index contributed by atoms with van der Waals surface area (Å²) >= 11 is 1.51. The molecule has 6 nitrogen and oxygen atoms in total. The van der Waals surface area contributed by atoms with E-state index >= 15 is 0 Å². The minimum absolute atomic E-state index is 0.0971. The van der Waals surface area contributed by atoms with Crippen molar-refractivity contribution in [1.82, 2.24) is 14.7 Å². The van der Waals surface area contributed by atoms with Crippen molar-refractivity contribution < 1.29 is 14.3 Å². The minimum Gasteiger partial charge on any atom is -0.379 e. The molecule has 26 heavy (non-hydrogen) atoms. The molecule has 0 N–H and O–H groups in total. The summed E-state index contributed by atoms with van der Waals surface area (Å²) in [7, 11) is 3.80. The number of ether oxygens (including phenoxy) is 1. The van der Waals surface area contributed by atoms with Crippen LogP contribution in [-0.4, -0.2) is 78.9 Å². The van der Waals surface area contributed by atoms with Gasteiger partial charge in [0, 0.05) is 56.7 Å². The highest BCUT2D eigenvalue weighted by Crippen LogP contribution is 2.33. The van der Waals surface area contributed by atoms with Crippen LogP contribution in [0, 0.1) is 0 Å². The van der Waals surface area contributed by atoms with E-state index in [0.29, 0.717) is 19.6 Å². The van der Waals surface area contributed by atoms with Crippen molar-refractivity contribution in [2.45, 2.75) is 38.3 Å². The molecule has 2 amide bonds. The van der Waals surface area contributed by atoms with E-state index in [1.54, 1.807) is 7.11 Å². The van der Waals surface area contributed by atoms with Crippen LogP contribution in [0.1, 0.15) is 40.7 Å². The number of likely N-dealkylation sites (tertiary alicyclic amines) is 1. The van der Waals surface area contributed by atoms with Crippen molar-refractivity contribution >= 4 is 23.2 Å². The molecule has 1 unspecified atom stereocenters. The molecule has 0 saturated carbocycles. The zero-order valence-corrected chi connectivity index (χ0v) is 16.8. The zero-order valence-electron chi connectivity index (χ0n) is 16.0. The third-order valence-corrected chi connectivity index (χ3v) is 6.88. The van der Waals surface area contributed by atoms with Gasteiger partial charge in [-0.05, 0) is 38.9 Å². The molecule has 144 valence electrons. The first kappa shape index (κ1) is 19.3. The predicted molar refractivity (Wildman–Crippen MR) is 102 cm³/mol. The number of rotatable bonds is 4. The van der Waals surface area contributed by atoms with Gasteiger partial charge in [-0.3, -0.25) is 14.5 Å². The molecule has 1 aromatic rings. The summed E-state index contributed by atoms with van der Waals surface area (Å²) in [5.41, 5.74) is -0.0971. The van der Waals surface area contributed by atoms with E-state index in [0.717, 1.165) is 48.8 Å². The number of methoxy groups -OCH3 is 1. The van der Waals surface area contributed by atoms with Gasteiger partial charge in [-0.15, -0.1) is 11.3 Å². The van der Waals surface area contributed by atoms with Crippen LogP contribution in [0.2, 0.25) is 0 Å². The topological polar surface area (TPSA) is 53.1 Å². The van der Waals surface area contributed by atoms with E-state index in [1.807, 2.05) is 28.9 Å². The smallest absolute Gasteiger partial charge is 0.264 e. The van der Waals surface area contributed by atoms with E-state index in [9.17, 15) is 9.59 Å². The molecule has 3 rings (SSSR count). The Labute approximate surface area is 159 Å². The van der Waals surface area contributed by atoms with Gasteiger partial charge in [0.15, 0.2) is 0 Å². The molecule has 0 aromatic carbocycles. The molecule has 2 aliphatic rings. The van der Waals surface area contributed by atoms with Crippen molar-refractivity contribution in [1.29, 1.82) is 0 Å². The van der Waals surface area contributed by atoms with Crippen molar-refractivity contribution in [3.63, 3.8) is 0 Å². The molecule has 1 atom stereocenters. The number of likely N-dealkylation sites (N-methyl/N-ethyl adjacent to an activating group) is 1. The maximum atomic E-state index is 13.0. The van der Waals surface area contributed by atoms with Crippen LogP contribution >= 0.6 is 11.3 Å². The largest absolute Gasteiger partial charge is 0.379 e. The van der Waals surface area contributed by atoms with Crippen LogP contribution in [0.5, 0.6) is 0 Å². The molecule has 3 heterocycles. The average Bonchev–Trinajstić information content (AvgIpc) is 3.04. The summed E-state index contributed by atoms with van der Waals surface area (Å²) in [4.78, 5) is 33.5. The molecule has 1 aromatic heterocycles. The van der Waals surface area contributed by atoms with Crippen molar-refractivity contribution in [3.8, 4) is 0 Å². The number of piperazine rings is 1. The fourth-order valence-electron chi connectivity index (χ4n) is 4.07. The Morgan fingerprint density at radius 1 is 1.27 bits per heavy atom. The van der Waals surface area contributed by atoms with Gasteiger partial charge < -0.3 is 14.5 Å². The van der Waals surface area contributed by atoms with Crippen molar-refractivity contribution in [2.75, 3.05) is 46.9 Å². The fourth-order valence-corrected chi connectivity index (χ4v) is 5.02. The Morgan fingerprint density at radius 2 is 2.08 bits per heavy atom. The normalized spacial score (nSPS) is 25.0. The maximum Gasteiger partial charge on any atom is 0.264 e. The quantitative estimate of drug-likeness (QED) is 0.804. The molecule has 7 heteroatoms. The van der Waals surface area contributed by atoms with Crippen molar-refractivity contribution in [3.05, 3.63) is 21.9 Å². The highest BCUT2D eigenvalue weighted by molar-refractivity contribution is 7.14. The van der Waals surface area contributed by atoms with Crippen LogP contribution in [0.3, 0.4) is 0 Å². The zero-order chi connectivity index (χ0) is 18.7. The molecule has 1 spiro atoms. The molecular formula is C19H29N3O3S. The summed E-state index contributed by atoms with van der Waals surface area (Å²) < 4.78 is 5.16. The lowest BCUT2D eigenvalue weighted by Crippen LogP contribution is -2.62. The Bertz CT molecular complexity index is 662. The summed E-state index contributed by atoms with van der Waals surface area (Å²) in [6.45, 7) is 6.40. The van der Waals surface area contributed by atoms with Crippen LogP contribution in [0.4, 0.5) is 0 Å². The van der Waals surface area contributed by atoms with Gasteiger partial charge in [0.25, 0.3) is 5.91 Å².